The molecule has 0 saturated carbocycles. The lowest BCUT2D eigenvalue weighted by molar-refractivity contribution is -0.137. The molecule has 0 spiro atoms. The Morgan fingerprint density at radius 2 is 2.12 bits per heavy atom. The van der Waals surface area contributed by atoms with Crippen molar-refractivity contribution in [1.82, 2.24) is 9.97 Å². The molecule has 17 heavy (non-hydrogen) atoms. The van der Waals surface area contributed by atoms with Crippen LogP contribution >= 0.6 is 0 Å². The third-order valence-electron chi connectivity index (χ3n) is 2.39. The minimum atomic E-state index is -0.772. The molecule has 94 valence electrons. The molecule has 6 heteroatoms. The zero-order chi connectivity index (χ0) is 12.7. The molecule has 1 rings (SSSR count). The van der Waals surface area contributed by atoms with Crippen LogP contribution < -0.4 is 5.32 Å². The standard InChI is InChI=1S/C11H16FN3O2/c1-8(2-3-10(16)17)4-5-13-11-14-6-9(12)7-15-11/h6-8H,2-5H2,1H3,(H,16,17)(H,13,14,15). The van der Waals surface area contributed by atoms with Crippen molar-refractivity contribution in [2.45, 2.75) is 26.2 Å². The fourth-order valence-electron chi connectivity index (χ4n) is 1.35. The molecule has 1 heterocycles. The maximum Gasteiger partial charge on any atom is 0.303 e. The molecule has 0 saturated heterocycles. The van der Waals surface area contributed by atoms with Gasteiger partial charge in [0.1, 0.15) is 0 Å². The van der Waals surface area contributed by atoms with Gasteiger partial charge in [-0.1, -0.05) is 6.92 Å². The van der Waals surface area contributed by atoms with Gasteiger partial charge in [0.05, 0.1) is 12.4 Å². The van der Waals surface area contributed by atoms with Crippen molar-refractivity contribution in [1.29, 1.82) is 0 Å². The smallest absolute Gasteiger partial charge is 0.303 e. The van der Waals surface area contributed by atoms with Gasteiger partial charge >= 0.3 is 5.97 Å². The summed E-state index contributed by atoms with van der Waals surface area (Å²) < 4.78 is 12.5. The lowest BCUT2D eigenvalue weighted by Crippen LogP contribution is -2.10. The number of anilines is 1. The van der Waals surface area contributed by atoms with Crippen LogP contribution in [0.4, 0.5) is 10.3 Å². The molecule has 0 bridgehead atoms. The molecular weight excluding hydrogens is 225 g/mol. The van der Waals surface area contributed by atoms with E-state index in [4.69, 9.17) is 5.11 Å². The second-order valence-corrected chi connectivity index (χ2v) is 3.98. The summed E-state index contributed by atoms with van der Waals surface area (Å²) in [5.41, 5.74) is 0. The average Bonchev–Trinajstić information content (AvgIpc) is 2.29. The van der Waals surface area contributed by atoms with Gasteiger partial charge in [0, 0.05) is 13.0 Å². The minimum Gasteiger partial charge on any atom is -0.481 e. The molecule has 0 aromatic carbocycles. The number of halogens is 1. The third-order valence-corrected chi connectivity index (χ3v) is 2.39. The quantitative estimate of drug-likeness (QED) is 0.762. The van der Waals surface area contributed by atoms with Gasteiger partial charge in [0.15, 0.2) is 5.82 Å². The molecule has 0 aliphatic carbocycles. The second-order valence-electron chi connectivity index (χ2n) is 3.98. The van der Waals surface area contributed by atoms with Gasteiger partial charge in [-0.05, 0) is 18.8 Å². The molecule has 0 amide bonds. The first-order chi connectivity index (χ1) is 8.08. The van der Waals surface area contributed by atoms with Crippen molar-refractivity contribution in [3.05, 3.63) is 18.2 Å². The molecular formula is C11H16FN3O2. The van der Waals surface area contributed by atoms with E-state index in [1.165, 1.54) is 0 Å². The number of aromatic nitrogens is 2. The van der Waals surface area contributed by atoms with E-state index in [2.05, 4.69) is 15.3 Å². The molecule has 1 aromatic heterocycles. The summed E-state index contributed by atoms with van der Waals surface area (Å²) in [4.78, 5) is 17.9. The maximum atomic E-state index is 12.5. The van der Waals surface area contributed by atoms with Crippen molar-refractivity contribution in [2.24, 2.45) is 5.92 Å². The summed E-state index contributed by atoms with van der Waals surface area (Å²) in [5, 5.41) is 11.5. The van der Waals surface area contributed by atoms with Gasteiger partial charge in [0.2, 0.25) is 5.95 Å². The van der Waals surface area contributed by atoms with Gasteiger partial charge < -0.3 is 10.4 Å². The summed E-state index contributed by atoms with van der Waals surface area (Å²) in [5.74, 6) is -0.534. The Kier molecular flexibility index (Phi) is 5.32. The van der Waals surface area contributed by atoms with Gasteiger partial charge in [0.25, 0.3) is 0 Å². The summed E-state index contributed by atoms with van der Waals surface area (Å²) in [7, 11) is 0. The Hall–Kier alpha value is -1.72. The van der Waals surface area contributed by atoms with Crippen LogP contribution in [-0.2, 0) is 4.79 Å². The van der Waals surface area contributed by atoms with Gasteiger partial charge in [-0.25, -0.2) is 14.4 Å². The van der Waals surface area contributed by atoms with Crippen LogP contribution in [0.3, 0.4) is 0 Å². The van der Waals surface area contributed by atoms with Crippen LogP contribution in [0, 0.1) is 11.7 Å². The van der Waals surface area contributed by atoms with Crippen LogP contribution in [0.1, 0.15) is 26.2 Å². The zero-order valence-electron chi connectivity index (χ0n) is 9.69. The normalized spacial score (nSPS) is 12.1. The first-order valence-electron chi connectivity index (χ1n) is 5.51. The number of hydrogen-bond donors (Lipinski definition) is 2. The van der Waals surface area contributed by atoms with Crippen LogP contribution in [0.2, 0.25) is 0 Å². The SMILES string of the molecule is CC(CCNc1ncc(F)cn1)CCC(=O)O. The zero-order valence-corrected chi connectivity index (χ0v) is 9.69. The molecule has 5 nitrogen and oxygen atoms in total. The monoisotopic (exact) mass is 241 g/mol. The Morgan fingerprint density at radius 3 is 2.71 bits per heavy atom. The number of carboxylic acids is 1. The number of nitrogens with one attached hydrogen (secondary N) is 1. The van der Waals surface area contributed by atoms with E-state index in [1.807, 2.05) is 6.92 Å². The lowest BCUT2D eigenvalue weighted by atomic mass is 10.0. The average molecular weight is 241 g/mol. The first kappa shape index (κ1) is 13.3. The third kappa shape index (κ3) is 5.79. The molecule has 2 N–H and O–H groups in total. The number of aliphatic carboxylic acids is 1. The fourth-order valence-corrected chi connectivity index (χ4v) is 1.35. The number of nitrogens with zero attached hydrogens (tertiary/aromatic N) is 2. The molecule has 0 aliphatic heterocycles. The van der Waals surface area contributed by atoms with Crippen LogP contribution in [0.25, 0.3) is 0 Å². The van der Waals surface area contributed by atoms with Gasteiger partial charge in [-0.3, -0.25) is 4.79 Å². The minimum absolute atomic E-state index is 0.189. The topological polar surface area (TPSA) is 75.1 Å². The van der Waals surface area contributed by atoms with Gasteiger partial charge in [-0.15, -0.1) is 0 Å². The van der Waals surface area contributed by atoms with Crippen molar-refractivity contribution in [2.75, 3.05) is 11.9 Å². The molecule has 1 unspecified atom stereocenters. The highest BCUT2D eigenvalue weighted by Crippen LogP contribution is 2.10. The lowest BCUT2D eigenvalue weighted by Gasteiger charge is -2.10. The number of hydrogen-bond acceptors (Lipinski definition) is 4. The van der Waals surface area contributed by atoms with Crippen molar-refractivity contribution < 1.29 is 14.3 Å². The Morgan fingerprint density at radius 1 is 1.47 bits per heavy atom. The summed E-state index contributed by atoms with van der Waals surface area (Å²) >= 11 is 0. The molecule has 0 fully saturated rings. The first-order valence-corrected chi connectivity index (χ1v) is 5.51. The van der Waals surface area contributed by atoms with E-state index in [-0.39, 0.29) is 6.42 Å². The fraction of sp³-hybridized carbons (Fsp3) is 0.545. The van der Waals surface area contributed by atoms with Crippen molar-refractivity contribution in [3.8, 4) is 0 Å². The van der Waals surface area contributed by atoms with Crippen LogP contribution in [-0.4, -0.2) is 27.6 Å². The van der Waals surface area contributed by atoms with E-state index < -0.39 is 11.8 Å². The van der Waals surface area contributed by atoms with Crippen molar-refractivity contribution in [3.63, 3.8) is 0 Å². The van der Waals surface area contributed by atoms with Crippen molar-refractivity contribution >= 4 is 11.9 Å². The molecule has 1 atom stereocenters. The van der Waals surface area contributed by atoms with E-state index >= 15 is 0 Å². The Bertz CT molecular complexity index is 356. The Labute approximate surface area is 99.1 Å². The number of carboxylic acid groups (broad SMARTS) is 1. The highest BCUT2D eigenvalue weighted by molar-refractivity contribution is 5.66. The van der Waals surface area contributed by atoms with E-state index in [9.17, 15) is 9.18 Å². The predicted octanol–water partition coefficient (Wildman–Crippen LogP) is 1.92. The highest BCUT2D eigenvalue weighted by atomic mass is 19.1. The van der Waals surface area contributed by atoms with E-state index in [0.29, 0.717) is 24.8 Å². The van der Waals surface area contributed by atoms with Gasteiger partial charge in [-0.2, -0.15) is 0 Å². The molecule has 0 radical (unpaired) electrons. The summed E-state index contributed by atoms with van der Waals surface area (Å²) in [6, 6.07) is 0. The number of carbonyl (C=O) groups is 1. The second kappa shape index (κ2) is 6.78. The summed E-state index contributed by atoms with van der Waals surface area (Å²) in [6.07, 6.45) is 3.87. The van der Waals surface area contributed by atoms with Crippen LogP contribution in [0.5, 0.6) is 0 Å². The summed E-state index contributed by atoms with van der Waals surface area (Å²) in [6.45, 7) is 2.64. The maximum absolute atomic E-state index is 12.5. The molecule has 1 aromatic rings. The number of rotatable bonds is 7. The predicted molar refractivity (Wildman–Crippen MR) is 61.1 cm³/mol. The Balaban J connectivity index is 2.18. The van der Waals surface area contributed by atoms with Crippen LogP contribution in [0.15, 0.2) is 12.4 Å². The highest BCUT2D eigenvalue weighted by Gasteiger charge is 2.05. The van der Waals surface area contributed by atoms with E-state index in [0.717, 1.165) is 18.8 Å². The largest absolute Gasteiger partial charge is 0.481 e. The van der Waals surface area contributed by atoms with E-state index in [1.54, 1.807) is 0 Å². The molecule has 0 aliphatic rings.